The SMILES string of the molecule is CO[Si](C)(CCCNCCN1CCNCC1)OC.N[SiH](N)N. The Balaban J connectivity index is 0.000000980. The Kier molecular flexibility index (Phi) is 13.6. The normalized spacial score (nSPS) is 16.5. The van der Waals surface area contributed by atoms with Gasteiger partial charge in [0.25, 0.3) is 9.28 Å². The van der Waals surface area contributed by atoms with Crippen molar-refractivity contribution in [2.75, 3.05) is 60.0 Å². The summed E-state index contributed by atoms with van der Waals surface area (Å²) in [5, 5.41) is 21.3. The highest BCUT2D eigenvalue weighted by molar-refractivity contribution is 6.65. The average Bonchev–Trinajstić information content (AvgIpc) is 2.51. The van der Waals surface area contributed by atoms with Crippen molar-refractivity contribution in [2.45, 2.75) is 19.0 Å². The number of piperazine rings is 1. The van der Waals surface area contributed by atoms with Crippen molar-refractivity contribution in [1.82, 2.24) is 15.5 Å². The molecule has 1 rings (SSSR count). The van der Waals surface area contributed by atoms with Gasteiger partial charge in [0.1, 0.15) is 0 Å². The van der Waals surface area contributed by atoms with Crippen LogP contribution >= 0.6 is 0 Å². The van der Waals surface area contributed by atoms with Crippen LogP contribution in [0.1, 0.15) is 6.42 Å². The van der Waals surface area contributed by atoms with Crippen LogP contribution in [0.4, 0.5) is 0 Å². The van der Waals surface area contributed by atoms with E-state index in [0.717, 1.165) is 45.2 Å². The summed E-state index contributed by atoms with van der Waals surface area (Å²) < 4.78 is 10.9. The second kappa shape index (κ2) is 13.5. The molecule has 0 aromatic carbocycles. The van der Waals surface area contributed by atoms with Crippen molar-refractivity contribution in [1.29, 1.82) is 0 Å². The molecule has 0 spiro atoms. The molecule has 0 aliphatic carbocycles. The molecule has 0 amide bonds. The molecule has 0 atom stereocenters. The van der Waals surface area contributed by atoms with Gasteiger partial charge in [-0.1, -0.05) is 0 Å². The Labute approximate surface area is 138 Å². The lowest BCUT2D eigenvalue weighted by Gasteiger charge is -2.27. The van der Waals surface area contributed by atoms with E-state index < -0.39 is 17.8 Å². The fourth-order valence-electron chi connectivity index (χ4n) is 2.12. The minimum absolute atomic E-state index is 1.06. The van der Waals surface area contributed by atoms with E-state index >= 15 is 0 Å². The van der Waals surface area contributed by atoms with Gasteiger partial charge in [-0.25, -0.2) is 0 Å². The molecule has 1 aliphatic heterocycles. The molecule has 0 bridgehead atoms. The topological polar surface area (TPSA) is 124 Å². The summed E-state index contributed by atoms with van der Waals surface area (Å²) in [5.74, 6) is 0. The summed E-state index contributed by atoms with van der Waals surface area (Å²) in [6.07, 6.45) is 1.13. The number of rotatable bonds is 9. The van der Waals surface area contributed by atoms with Crippen LogP contribution < -0.4 is 26.8 Å². The third kappa shape index (κ3) is 12.6. The van der Waals surface area contributed by atoms with Crippen LogP contribution in [0.15, 0.2) is 0 Å². The first kappa shape index (κ1) is 22.1. The van der Waals surface area contributed by atoms with Gasteiger partial charge in [-0.15, -0.1) is 0 Å². The maximum absolute atomic E-state index is 5.46. The van der Waals surface area contributed by atoms with Crippen molar-refractivity contribution in [3.63, 3.8) is 0 Å². The molecule has 134 valence electrons. The smallest absolute Gasteiger partial charge is 0.334 e. The molecular formula is C12H36N6O2Si2. The van der Waals surface area contributed by atoms with E-state index in [0.29, 0.717) is 0 Å². The molecule has 0 radical (unpaired) electrons. The molecule has 22 heavy (non-hydrogen) atoms. The van der Waals surface area contributed by atoms with Crippen LogP contribution in [0.5, 0.6) is 0 Å². The Morgan fingerprint density at radius 1 is 1.14 bits per heavy atom. The standard InChI is InChI=1S/C12H29N3O2Si.H7N3Si/c1-16-18(3,17-2)12-4-5-13-6-9-15-10-7-14-8-11-15;1-4(2)3/h13-14H,4-12H2,1-3H3;4H,1-3H2. The highest BCUT2D eigenvalue weighted by Gasteiger charge is 2.27. The molecular weight excluding hydrogens is 316 g/mol. The summed E-state index contributed by atoms with van der Waals surface area (Å²) >= 11 is 0. The van der Waals surface area contributed by atoms with Crippen LogP contribution in [0.2, 0.25) is 12.6 Å². The van der Waals surface area contributed by atoms with Gasteiger partial charge in [0.05, 0.1) is 0 Å². The largest absolute Gasteiger partial charge is 0.398 e. The van der Waals surface area contributed by atoms with Crippen LogP contribution in [0.25, 0.3) is 0 Å². The van der Waals surface area contributed by atoms with E-state index in [1.165, 1.54) is 13.1 Å². The lowest BCUT2D eigenvalue weighted by molar-refractivity contribution is 0.239. The van der Waals surface area contributed by atoms with Crippen molar-refractivity contribution < 1.29 is 8.85 Å². The Hall–Kier alpha value is 0.114. The van der Waals surface area contributed by atoms with Crippen molar-refractivity contribution >= 4 is 17.8 Å². The fourth-order valence-corrected chi connectivity index (χ4v) is 3.51. The van der Waals surface area contributed by atoms with Gasteiger partial charge in [-0.2, -0.15) is 0 Å². The molecule has 8 N–H and O–H groups in total. The van der Waals surface area contributed by atoms with Crippen molar-refractivity contribution in [3.05, 3.63) is 0 Å². The van der Waals surface area contributed by atoms with Gasteiger partial charge < -0.3 is 35.7 Å². The lowest BCUT2D eigenvalue weighted by atomic mass is 10.3. The fraction of sp³-hybridized carbons (Fsp3) is 1.00. The summed E-state index contributed by atoms with van der Waals surface area (Å²) in [7, 11) is 0.0276. The van der Waals surface area contributed by atoms with Gasteiger partial charge in [0.2, 0.25) is 0 Å². The first-order valence-corrected chi connectivity index (χ1v) is 12.5. The first-order chi connectivity index (χ1) is 10.4. The molecule has 10 heteroatoms. The highest BCUT2D eigenvalue weighted by atomic mass is 28.4. The summed E-state index contributed by atoms with van der Waals surface area (Å²) in [4.78, 5) is 2.51. The predicted octanol–water partition coefficient (Wildman–Crippen LogP) is -2.18. The second-order valence-corrected chi connectivity index (χ2v) is 10.3. The molecule has 1 heterocycles. The number of nitrogens with one attached hydrogen (secondary N) is 2. The minimum Gasteiger partial charge on any atom is -0.398 e. The molecule has 0 saturated carbocycles. The summed E-state index contributed by atoms with van der Waals surface area (Å²) in [5.41, 5.74) is 0. The van der Waals surface area contributed by atoms with E-state index in [9.17, 15) is 0 Å². The molecule has 0 aromatic rings. The minimum atomic E-state index is -1.85. The predicted molar refractivity (Wildman–Crippen MR) is 97.0 cm³/mol. The van der Waals surface area contributed by atoms with Crippen LogP contribution in [0, 0.1) is 0 Å². The van der Waals surface area contributed by atoms with Crippen LogP contribution in [-0.2, 0) is 8.85 Å². The summed E-state index contributed by atoms with van der Waals surface area (Å²) in [6, 6.07) is 1.06. The number of nitrogens with two attached hydrogens (primary N) is 3. The van der Waals surface area contributed by atoms with Gasteiger partial charge in [-0.3, -0.25) is 4.90 Å². The number of hydrogen-bond donors (Lipinski definition) is 5. The zero-order valence-electron chi connectivity index (χ0n) is 14.4. The maximum Gasteiger partial charge on any atom is 0.334 e. The van der Waals surface area contributed by atoms with E-state index in [1.54, 1.807) is 14.2 Å². The monoisotopic (exact) mass is 352 g/mol. The highest BCUT2D eigenvalue weighted by Crippen LogP contribution is 2.12. The van der Waals surface area contributed by atoms with Crippen LogP contribution in [0.3, 0.4) is 0 Å². The van der Waals surface area contributed by atoms with E-state index in [-0.39, 0.29) is 0 Å². The lowest BCUT2D eigenvalue weighted by Crippen LogP contribution is -2.46. The van der Waals surface area contributed by atoms with Crippen molar-refractivity contribution in [3.8, 4) is 0 Å². The average molecular weight is 353 g/mol. The van der Waals surface area contributed by atoms with Gasteiger partial charge in [0.15, 0.2) is 0 Å². The van der Waals surface area contributed by atoms with Gasteiger partial charge in [0, 0.05) is 53.5 Å². The van der Waals surface area contributed by atoms with Crippen LogP contribution in [-0.4, -0.2) is 82.8 Å². The molecule has 0 unspecified atom stereocenters. The summed E-state index contributed by atoms with van der Waals surface area (Å²) in [6.45, 7) is 10.0. The number of hydrogen-bond acceptors (Lipinski definition) is 8. The Morgan fingerprint density at radius 3 is 2.18 bits per heavy atom. The molecule has 8 nitrogen and oxygen atoms in total. The van der Waals surface area contributed by atoms with Gasteiger partial charge in [-0.05, 0) is 25.6 Å². The van der Waals surface area contributed by atoms with E-state index in [1.807, 2.05) is 0 Å². The number of nitrogens with zero attached hydrogens (tertiary/aromatic N) is 1. The Morgan fingerprint density at radius 2 is 1.68 bits per heavy atom. The first-order valence-electron chi connectivity index (χ1n) is 7.94. The van der Waals surface area contributed by atoms with Crippen molar-refractivity contribution in [2.24, 2.45) is 16.2 Å². The molecule has 0 aromatic heterocycles. The van der Waals surface area contributed by atoms with E-state index in [2.05, 4.69) is 22.1 Å². The third-order valence-electron chi connectivity index (χ3n) is 3.66. The van der Waals surface area contributed by atoms with Gasteiger partial charge >= 0.3 is 8.56 Å². The zero-order valence-corrected chi connectivity index (χ0v) is 16.6. The quantitative estimate of drug-likeness (QED) is 0.234. The Bertz CT molecular complexity index is 251. The zero-order chi connectivity index (χ0) is 16.8. The molecule has 1 aliphatic rings. The molecule has 1 saturated heterocycles. The maximum atomic E-state index is 5.46. The van der Waals surface area contributed by atoms with E-state index in [4.69, 9.17) is 25.0 Å². The molecule has 1 fully saturated rings. The second-order valence-electron chi connectivity index (χ2n) is 5.56. The third-order valence-corrected chi connectivity index (χ3v) is 6.65.